The summed E-state index contributed by atoms with van der Waals surface area (Å²) >= 11 is 5.76. The van der Waals surface area contributed by atoms with Gasteiger partial charge in [-0.1, -0.05) is 11.6 Å². The summed E-state index contributed by atoms with van der Waals surface area (Å²) in [6, 6.07) is 4.39. The van der Waals surface area contributed by atoms with Crippen molar-refractivity contribution in [1.82, 2.24) is 4.98 Å². The molecule has 0 aliphatic rings. The Hall–Kier alpha value is -1.55. The lowest BCUT2D eigenvalue weighted by Gasteiger charge is -1.97. The van der Waals surface area contributed by atoms with E-state index in [-0.39, 0.29) is 17.3 Å². The second kappa shape index (κ2) is 4.14. The van der Waals surface area contributed by atoms with Gasteiger partial charge in [-0.05, 0) is 25.1 Å². The first kappa shape index (κ1) is 11.0. The van der Waals surface area contributed by atoms with Gasteiger partial charge in [-0.25, -0.2) is 9.18 Å². The van der Waals surface area contributed by atoms with Crippen molar-refractivity contribution in [2.45, 2.75) is 6.92 Å². The molecule has 0 fully saturated rings. The van der Waals surface area contributed by atoms with Gasteiger partial charge in [-0.3, -0.25) is 0 Å². The highest BCUT2D eigenvalue weighted by Gasteiger charge is 2.13. The van der Waals surface area contributed by atoms with E-state index in [9.17, 15) is 9.18 Å². The van der Waals surface area contributed by atoms with E-state index in [4.69, 9.17) is 16.3 Å². The van der Waals surface area contributed by atoms with Gasteiger partial charge in [0, 0.05) is 5.39 Å². The maximum atomic E-state index is 13.1. The molecule has 1 N–H and O–H groups in total. The van der Waals surface area contributed by atoms with Crippen LogP contribution in [0, 0.1) is 5.82 Å². The number of carbonyl (C=O) groups is 1. The summed E-state index contributed by atoms with van der Waals surface area (Å²) in [5.41, 5.74) is 0.675. The summed E-state index contributed by atoms with van der Waals surface area (Å²) in [4.78, 5) is 14.2. The third kappa shape index (κ3) is 1.76. The fourth-order valence-corrected chi connectivity index (χ4v) is 1.68. The summed E-state index contributed by atoms with van der Waals surface area (Å²) in [6.07, 6.45) is 0. The molecule has 0 radical (unpaired) electrons. The minimum atomic E-state index is -0.522. The van der Waals surface area contributed by atoms with Crippen molar-refractivity contribution < 1.29 is 13.9 Å². The SMILES string of the molecule is CCOC(=O)c1cc2ccc(F)c(Cl)c2[nH]1. The molecule has 16 heavy (non-hydrogen) atoms. The van der Waals surface area contributed by atoms with Gasteiger partial charge in [-0.15, -0.1) is 0 Å². The highest BCUT2D eigenvalue weighted by Crippen LogP contribution is 2.26. The van der Waals surface area contributed by atoms with E-state index in [0.29, 0.717) is 10.9 Å². The molecular formula is C11H9ClFNO2. The third-order valence-electron chi connectivity index (χ3n) is 2.18. The number of halogens is 2. The van der Waals surface area contributed by atoms with Gasteiger partial charge in [0.1, 0.15) is 16.5 Å². The van der Waals surface area contributed by atoms with E-state index in [1.807, 2.05) is 0 Å². The van der Waals surface area contributed by atoms with Gasteiger partial charge >= 0.3 is 5.97 Å². The first-order chi connectivity index (χ1) is 7.63. The van der Waals surface area contributed by atoms with Crippen LogP contribution >= 0.6 is 11.6 Å². The Morgan fingerprint density at radius 1 is 1.56 bits per heavy atom. The molecule has 2 rings (SSSR count). The molecule has 1 heterocycles. The van der Waals surface area contributed by atoms with Crippen LogP contribution in [0.15, 0.2) is 18.2 Å². The summed E-state index contributed by atoms with van der Waals surface area (Å²) in [7, 11) is 0. The molecule has 0 spiro atoms. The number of carbonyl (C=O) groups excluding carboxylic acids is 1. The Morgan fingerprint density at radius 2 is 2.31 bits per heavy atom. The van der Waals surface area contributed by atoms with E-state index in [2.05, 4.69) is 4.98 Å². The van der Waals surface area contributed by atoms with Crippen LogP contribution in [-0.2, 0) is 4.74 Å². The van der Waals surface area contributed by atoms with Crippen LogP contribution < -0.4 is 0 Å². The molecule has 3 nitrogen and oxygen atoms in total. The molecule has 0 saturated carbocycles. The smallest absolute Gasteiger partial charge is 0.354 e. The number of H-pyrrole nitrogens is 1. The van der Waals surface area contributed by atoms with E-state index in [1.54, 1.807) is 19.1 Å². The standard InChI is InChI=1S/C11H9ClFNO2/c1-2-16-11(15)8-5-6-3-4-7(13)9(12)10(6)14-8/h3-5,14H,2H2,1H3. The second-order valence-corrected chi connectivity index (χ2v) is 3.61. The zero-order chi connectivity index (χ0) is 11.7. The number of aromatic amines is 1. The van der Waals surface area contributed by atoms with Crippen LogP contribution in [0.5, 0.6) is 0 Å². The normalized spacial score (nSPS) is 10.7. The summed E-state index contributed by atoms with van der Waals surface area (Å²) < 4.78 is 18.0. The average molecular weight is 242 g/mol. The minimum Gasteiger partial charge on any atom is -0.461 e. The highest BCUT2D eigenvalue weighted by molar-refractivity contribution is 6.35. The lowest BCUT2D eigenvalue weighted by atomic mass is 10.2. The van der Waals surface area contributed by atoms with Crippen molar-refractivity contribution in [3.8, 4) is 0 Å². The van der Waals surface area contributed by atoms with Crippen LogP contribution in [-0.4, -0.2) is 17.6 Å². The first-order valence-corrected chi connectivity index (χ1v) is 5.15. The number of esters is 1. The van der Waals surface area contributed by atoms with Gasteiger partial charge in [0.25, 0.3) is 0 Å². The molecule has 5 heteroatoms. The summed E-state index contributed by atoms with van der Waals surface area (Å²) in [6.45, 7) is 2.00. The van der Waals surface area contributed by atoms with Crippen molar-refractivity contribution in [2.75, 3.05) is 6.61 Å². The topological polar surface area (TPSA) is 42.1 Å². The lowest BCUT2D eigenvalue weighted by Crippen LogP contribution is -2.04. The van der Waals surface area contributed by atoms with Crippen molar-refractivity contribution in [3.05, 3.63) is 34.7 Å². The quantitative estimate of drug-likeness (QED) is 0.821. The maximum Gasteiger partial charge on any atom is 0.354 e. The van der Waals surface area contributed by atoms with E-state index in [1.165, 1.54) is 6.07 Å². The van der Waals surface area contributed by atoms with Crippen LogP contribution in [0.2, 0.25) is 5.02 Å². The number of nitrogens with one attached hydrogen (secondary N) is 1. The molecule has 1 aromatic heterocycles. The van der Waals surface area contributed by atoms with Crippen LogP contribution in [0.1, 0.15) is 17.4 Å². The maximum absolute atomic E-state index is 13.1. The number of benzene rings is 1. The van der Waals surface area contributed by atoms with E-state index < -0.39 is 11.8 Å². The van der Waals surface area contributed by atoms with Crippen LogP contribution in [0.3, 0.4) is 0 Å². The summed E-state index contributed by atoms with van der Waals surface area (Å²) in [5, 5.41) is 0.655. The number of ether oxygens (including phenoxy) is 1. The van der Waals surface area contributed by atoms with Crippen molar-refractivity contribution >= 4 is 28.5 Å². The van der Waals surface area contributed by atoms with Gasteiger partial charge in [0.2, 0.25) is 0 Å². The van der Waals surface area contributed by atoms with Crippen molar-refractivity contribution in [1.29, 1.82) is 0 Å². The Bertz CT molecular complexity index is 550. The minimum absolute atomic E-state index is 0.0203. The number of aromatic nitrogens is 1. The van der Waals surface area contributed by atoms with Crippen molar-refractivity contribution in [3.63, 3.8) is 0 Å². The largest absolute Gasteiger partial charge is 0.461 e. The molecule has 1 aromatic carbocycles. The Morgan fingerprint density at radius 3 is 3.00 bits per heavy atom. The number of fused-ring (bicyclic) bond motifs is 1. The third-order valence-corrected chi connectivity index (χ3v) is 2.55. The lowest BCUT2D eigenvalue weighted by molar-refractivity contribution is 0.0520. The average Bonchev–Trinajstić information content (AvgIpc) is 2.69. The molecule has 0 atom stereocenters. The molecule has 84 valence electrons. The number of hydrogen-bond acceptors (Lipinski definition) is 2. The molecule has 0 unspecified atom stereocenters. The second-order valence-electron chi connectivity index (χ2n) is 3.23. The van der Waals surface area contributed by atoms with Crippen LogP contribution in [0.4, 0.5) is 4.39 Å². The Balaban J connectivity index is 2.52. The first-order valence-electron chi connectivity index (χ1n) is 4.77. The molecule has 0 aliphatic heterocycles. The predicted molar refractivity (Wildman–Crippen MR) is 59.2 cm³/mol. The zero-order valence-corrected chi connectivity index (χ0v) is 9.27. The Kier molecular flexibility index (Phi) is 2.83. The number of rotatable bonds is 2. The van der Waals surface area contributed by atoms with E-state index >= 15 is 0 Å². The summed E-state index contributed by atoms with van der Waals surface area (Å²) in [5.74, 6) is -0.999. The molecular weight excluding hydrogens is 233 g/mol. The van der Waals surface area contributed by atoms with Gasteiger partial charge in [0.15, 0.2) is 0 Å². The Labute approximate surface area is 96.2 Å². The van der Waals surface area contributed by atoms with Crippen LogP contribution in [0.25, 0.3) is 10.9 Å². The van der Waals surface area contributed by atoms with E-state index in [0.717, 1.165) is 0 Å². The van der Waals surface area contributed by atoms with Gasteiger partial charge in [0.05, 0.1) is 12.1 Å². The molecule has 0 amide bonds. The highest BCUT2D eigenvalue weighted by atomic mass is 35.5. The molecule has 0 bridgehead atoms. The fourth-order valence-electron chi connectivity index (χ4n) is 1.46. The van der Waals surface area contributed by atoms with Gasteiger partial charge in [-0.2, -0.15) is 0 Å². The number of hydrogen-bond donors (Lipinski definition) is 1. The van der Waals surface area contributed by atoms with Gasteiger partial charge < -0.3 is 9.72 Å². The predicted octanol–water partition coefficient (Wildman–Crippen LogP) is 3.14. The van der Waals surface area contributed by atoms with Crippen molar-refractivity contribution in [2.24, 2.45) is 0 Å². The monoisotopic (exact) mass is 241 g/mol. The molecule has 2 aromatic rings. The fraction of sp³-hybridized carbons (Fsp3) is 0.182. The molecule has 0 saturated heterocycles. The zero-order valence-electron chi connectivity index (χ0n) is 8.51. The molecule has 0 aliphatic carbocycles.